The average molecular weight is 359 g/mol. The lowest BCUT2D eigenvalue weighted by molar-refractivity contribution is -0.144. The largest absolute Gasteiger partial charge is 0.465 e. The van der Waals surface area contributed by atoms with E-state index in [4.69, 9.17) is 4.74 Å². The SMILES string of the molecule is CCCC(Sc1cc(NC(C)=O)c(F)cc1F)C(=O)OCC(C)C. The molecule has 0 saturated heterocycles. The van der Waals surface area contributed by atoms with Gasteiger partial charge in [-0.2, -0.15) is 0 Å². The van der Waals surface area contributed by atoms with Gasteiger partial charge in [-0.25, -0.2) is 8.78 Å². The van der Waals surface area contributed by atoms with Crippen molar-refractivity contribution in [3.63, 3.8) is 0 Å². The van der Waals surface area contributed by atoms with E-state index in [-0.39, 0.29) is 16.5 Å². The molecule has 1 aromatic rings. The summed E-state index contributed by atoms with van der Waals surface area (Å²) in [6.07, 6.45) is 1.23. The zero-order valence-electron chi connectivity index (χ0n) is 14.3. The summed E-state index contributed by atoms with van der Waals surface area (Å²) < 4.78 is 32.9. The maximum absolute atomic E-state index is 14.0. The Bertz CT molecular complexity index is 593. The third kappa shape index (κ3) is 6.47. The van der Waals surface area contributed by atoms with Gasteiger partial charge in [0.05, 0.1) is 12.3 Å². The molecule has 134 valence electrons. The first kappa shape index (κ1) is 20.4. The summed E-state index contributed by atoms with van der Waals surface area (Å²) in [5.41, 5.74) is -0.114. The van der Waals surface area contributed by atoms with Crippen molar-refractivity contribution in [3.8, 4) is 0 Å². The number of hydrogen-bond donors (Lipinski definition) is 1. The number of anilines is 1. The summed E-state index contributed by atoms with van der Waals surface area (Å²) >= 11 is 0.982. The molecule has 1 N–H and O–H groups in total. The Morgan fingerprint density at radius 1 is 1.25 bits per heavy atom. The Kier molecular flexibility index (Phi) is 8.18. The Balaban J connectivity index is 2.96. The van der Waals surface area contributed by atoms with Gasteiger partial charge in [0.15, 0.2) is 0 Å². The van der Waals surface area contributed by atoms with E-state index >= 15 is 0 Å². The maximum atomic E-state index is 14.0. The van der Waals surface area contributed by atoms with Crippen molar-refractivity contribution in [1.29, 1.82) is 0 Å². The van der Waals surface area contributed by atoms with Gasteiger partial charge in [-0.15, -0.1) is 11.8 Å². The second-order valence-corrected chi connectivity index (χ2v) is 7.11. The molecule has 1 aromatic carbocycles. The number of amides is 1. The lowest BCUT2D eigenvalue weighted by atomic mass is 10.2. The number of halogens is 2. The van der Waals surface area contributed by atoms with Crippen LogP contribution in [0.3, 0.4) is 0 Å². The molecule has 0 aliphatic carbocycles. The predicted octanol–water partition coefficient (Wildman–Crippen LogP) is 4.38. The fourth-order valence-corrected chi connectivity index (χ4v) is 3.07. The summed E-state index contributed by atoms with van der Waals surface area (Å²) in [5.74, 6) is -2.31. The van der Waals surface area contributed by atoms with E-state index in [1.807, 2.05) is 20.8 Å². The van der Waals surface area contributed by atoms with Gasteiger partial charge in [0, 0.05) is 17.9 Å². The number of ether oxygens (including phenoxy) is 1. The van der Waals surface area contributed by atoms with Gasteiger partial charge >= 0.3 is 5.97 Å². The number of carbonyl (C=O) groups is 2. The van der Waals surface area contributed by atoms with Crippen LogP contribution in [0.2, 0.25) is 0 Å². The van der Waals surface area contributed by atoms with Crippen molar-refractivity contribution >= 4 is 29.3 Å². The van der Waals surface area contributed by atoms with Gasteiger partial charge in [-0.3, -0.25) is 9.59 Å². The Morgan fingerprint density at radius 2 is 1.92 bits per heavy atom. The highest BCUT2D eigenvalue weighted by Crippen LogP contribution is 2.33. The zero-order valence-corrected chi connectivity index (χ0v) is 15.1. The molecule has 0 aliphatic rings. The van der Waals surface area contributed by atoms with E-state index in [9.17, 15) is 18.4 Å². The lowest BCUT2D eigenvalue weighted by Crippen LogP contribution is -2.22. The van der Waals surface area contributed by atoms with Crippen LogP contribution in [0.5, 0.6) is 0 Å². The third-order valence-electron chi connectivity index (χ3n) is 2.97. The molecule has 0 heterocycles. The molecule has 24 heavy (non-hydrogen) atoms. The van der Waals surface area contributed by atoms with Crippen LogP contribution in [-0.4, -0.2) is 23.7 Å². The second-order valence-electron chi connectivity index (χ2n) is 5.86. The number of carbonyl (C=O) groups excluding carboxylic acids is 2. The van der Waals surface area contributed by atoms with E-state index in [1.165, 1.54) is 13.0 Å². The quantitative estimate of drug-likeness (QED) is 0.553. The van der Waals surface area contributed by atoms with Crippen molar-refractivity contribution in [2.24, 2.45) is 5.92 Å². The maximum Gasteiger partial charge on any atom is 0.319 e. The minimum Gasteiger partial charge on any atom is -0.465 e. The van der Waals surface area contributed by atoms with Gasteiger partial charge in [0.2, 0.25) is 5.91 Å². The highest BCUT2D eigenvalue weighted by atomic mass is 32.2. The van der Waals surface area contributed by atoms with Crippen molar-refractivity contribution in [2.75, 3.05) is 11.9 Å². The van der Waals surface area contributed by atoms with E-state index in [0.717, 1.165) is 18.2 Å². The van der Waals surface area contributed by atoms with Gasteiger partial charge < -0.3 is 10.1 Å². The fourth-order valence-electron chi connectivity index (χ4n) is 1.89. The number of rotatable bonds is 8. The van der Waals surface area contributed by atoms with Crippen LogP contribution in [0, 0.1) is 17.6 Å². The van der Waals surface area contributed by atoms with Crippen molar-refractivity contribution in [3.05, 3.63) is 23.8 Å². The van der Waals surface area contributed by atoms with Crippen LogP contribution in [0.15, 0.2) is 17.0 Å². The van der Waals surface area contributed by atoms with Crippen LogP contribution >= 0.6 is 11.8 Å². The molecular formula is C17H23F2NO3S. The molecule has 4 nitrogen and oxygen atoms in total. The van der Waals surface area contributed by atoms with Gasteiger partial charge in [-0.1, -0.05) is 27.2 Å². The van der Waals surface area contributed by atoms with Gasteiger partial charge in [0.25, 0.3) is 0 Å². The van der Waals surface area contributed by atoms with Crippen molar-refractivity contribution < 1.29 is 23.1 Å². The summed E-state index contributed by atoms with van der Waals surface area (Å²) in [6.45, 7) is 7.29. The molecule has 0 radical (unpaired) electrons. The van der Waals surface area contributed by atoms with Crippen molar-refractivity contribution in [1.82, 2.24) is 0 Å². The number of thioether (sulfide) groups is 1. The molecule has 0 aromatic heterocycles. The van der Waals surface area contributed by atoms with E-state index in [1.54, 1.807) is 0 Å². The topological polar surface area (TPSA) is 55.4 Å². The number of benzene rings is 1. The zero-order chi connectivity index (χ0) is 18.3. The number of nitrogens with one attached hydrogen (secondary N) is 1. The standard InChI is InChI=1S/C17H23F2NO3S/c1-5-6-15(17(22)23-9-10(2)3)24-16-8-14(20-11(4)21)12(18)7-13(16)19/h7-8,10,15H,5-6,9H2,1-4H3,(H,20,21). The van der Waals surface area contributed by atoms with Crippen LogP contribution in [-0.2, 0) is 14.3 Å². The molecule has 0 saturated carbocycles. The minimum absolute atomic E-state index is 0.0973. The normalized spacial score (nSPS) is 12.1. The van der Waals surface area contributed by atoms with Crippen molar-refractivity contribution in [2.45, 2.75) is 50.7 Å². The van der Waals surface area contributed by atoms with Crippen LogP contribution in [0.4, 0.5) is 14.5 Å². The van der Waals surface area contributed by atoms with Crippen LogP contribution < -0.4 is 5.32 Å². The summed E-state index contributed by atoms with van der Waals surface area (Å²) in [5, 5.41) is 1.72. The fraction of sp³-hybridized carbons (Fsp3) is 0.529. The summed E-state index contributed by atoms with van der Waals surface area (Å²) in [7, 11) is 0. The van der Waals surface area contributed by atoms with E-state index in [2.05, 4.69) is 5.32 Å². The Labute approximate surface area is 145 Å². The molecule has 1 unspecified atom stereocenters. The monoisotopic (exact) mass is 359 g/mol. The lowest BCUT2D eigenvalue weighted by Gasteiger charge is -2.17. The molecular weight excluding hydrogens is 336 g/mol. The van der Waals surface area contributed by atoms with Gasteiger partial charge in [-0.05, 0) is 18.4 Å². The molecule has 1 rings (SSSR count). The number of esters is 1. The van der Waals surface area contributed by atoms with E-state index < -0.39 is 28.8 Å². The first-order valence-corrected chi connectivity index (χ1v) is 8.72. The average Bonchev–Trinajstić information content (AvgIpc) is 2.48. The molecule has 0 fully saturated rings. The first-order chi connectivity index (χ1) is 11.2. The van der Waals surface area contributed by atoms with Crippen LogP contribution in [0.1, 0.15) is 40.5 Å². The highest BCUT2D eigenvalue weighted by molar-refractivity contribution is 8.00. The minimum atomic E-state index is -0.860. The predicted molar refractivity (Wildman–Crippen MR) is 91.0 cm³/mol. The molecule has 0 bridgehead atoms. The van der Waals surface area contributed by atoms with Crippen LogP contribution in [0.25, 0.3) is 0 Å². The first-order valence-electron chi connectivity index (χ1n) is 7.84. The molecule has 0 aliphatic heterocycles. The summed E-state index contributed by atoms with van der Waals surface area (Å²) in [4.78, 5) is 23.4. The number of hydrogen-bond acceptors (Lipinski definition) is 4. The summed E-state index contributed by atoms with van der Waals surface area (Å²) in [6, 6.07) is 1.91. The smallest absolute Gasteiger partial charge is 0.319 e. The third-order valence-corrected chi connectivity index (χ3v) is 4.25. The van der Waals surface area contributed by atoms with Gasteiger partial charge in [0.1, 0.15) is 16.9 Å². The second kappa shape index (κ2) is 9.61. The molecule has 7 heteroatoms. The molecule has 0 spiro atoms. The molecule has 1 amide bonds. The highest BCUT2D eigenvalue weighted by Gasteiger charge is 2.23. The Morgan fingerprint density at radius 3 is 2.46 bits per heavy atom. The Hall–Kier alpha value is -1.63. The molecule has 1 atom stereocenters. The van der Waals surface area contributed by atoms with E-state index in [0.29, 0.717) is 19.1 Å².